The number of urea groups is 1. The number of thiazole rings is 1. The van der Waals surface area contributed by atoms with Crippen LogP contribution in [-0.4, -0.2) is 53.5 Å². The largest absolute Gasteiger partial charge is 0.469 e. The summed E-state index contributed by atoms with van der Waals surface area (Å²) in [6.45, 7) is 0.197. The van der Waals surface area contributed by atoms with E-state index in [1.807, 2.05) is 0 Å². The van der Waals surface area contributed by atoms with Crippen molar-refractivity contribution in [3.8, 4) is 0 Å². The molecule has 0 radical (unpaired) electrons. The molecule has 0 saturated heterocycles. The third-order valence-electron chi connectivity index (χ3n) is 5.96. The second-order valence-electron chi connectivity index (χ2n) is 8.03. The fourth-order valence-electron chi connectivity index (χ4n) is 4.41. The van der Waals surface area contributed by atoms with Gasteiger partial charge in [-0.05, 0) is 25.7 Å². The molecule has 2 N–H and O–H groups in total. The molecule has 2 saturated carbocycles. The number of methoxy groups -OCH3 is 1. The Bertz CT molecular complexity index is 708. The molecule has 1 aromatic heterocycles. The molecular formula is C21H32N4O4S. The quantitative estimate of drug-likeness (QED) is 0.631. The normalized spacial score (nSPS) is 17.9. The highest BCUT2D eigenvalue weighted by molar-refractivity contribution is 7.17. The predicted molar refractivity (Wildman–Crippen MR) is 116 cm³/mol. The molecule has 0 spiro atoms. The Morgan fingerprint density at radius 2 is 1.67 bits per heavy atom. The number of nitrogens with one attached hydrogen (secondary N) is 2. The molecule has 166 valence electrons. The van der Waals surface area contributed by atoms with Gasteiger partial charge in [0.25, 0.3) is 5.91 Å². The second-order valence-corrected chi connectivity index (χ2v) is 9.06. The summed E-state index contributed by atoms with van der Waals surface area (Å²) in [5.41, 5.74) is 0. The highest BCUT2D eigenvalue weighted by Crippen LogP contribution is 2.31. The Hall–Kier alpha value is -2.16. The standard InChI is InChI=1S/C21H32N4O4S/c1-29-18(26)12-13-22-19(27)17-14-23-20(30-17)24-21(28)25(15-8-4-2-5-9-15)16-10-6-3-7-11-16/h14-16H,2-13H2,1H3,(H,22,27)(H,23,24,28). The molecule has 3 amide bonds. The van der Waals surface area contributed by atoms with Gasteiger partial charge in [-0.3, -0.25) is 14.9 Å². The van der Waals surface area contributed by atoms with Crippen LogP contribution in [0.4, 0.5) is 9.93 Å². The van der Waals surface area contributed by atoms with Gasteiger partial charge >= 0.3 is 12.0 Å². The number of esters is 1. The number of amides is 3. The van der Waals surface area contributed by atoms with Gasteiger partial charge < -0.3 is 15.0 Å². The molecule has 0 aromatic carbocycles. The van der Waals surface area contributed by atoms with Crippen molar-refractivity contribution in [1.82, 2.24) is 15.2 Å². The molecule has 30 heavy (non-hydrogen) atoms. The lowest BCUT2D eigenvalue weighted by Crippen LogP contribution is -2.50. The van der Waals surface area contributed by atoms with Crippen LogP contribution in [0, 0.1) is 0 Å². The summed E-state index contributed by atoms with van der Waals surface area (Å²) >= 11 is 1.15. The van der Waals surface area contributed by atoms with Crippen LogP contribution < -0.4 is 10.6 Å². The monoisotopic (exact) mass is 436 g/mol. The first kappa shape index (κ1) is 22.5. The molecule has 3 rings (SSSR count). The van der Waals surface area contributed by atoms with E-state index in [-0.39, 0.29) is 30.9 Å². The van der Waals surface area contributed by atoms with Gasteiger partial charge in [0.05, 0.1) is 19.7 Å². The third-order valence-corrected chi connectivity index (χ3v) is 6.87. The topological polar surface area (TPSA) is 101 Å². The summed E-state index contributed by atoms with van der Waals surface area (Å²) in [5, 5.41) is 6.03. The Balaban J connectivity index is 1.59. The lowest BCUT2D eigenvalue weighted by atomic mass is 9.89. The summed E-state index contributed by atoms with van der Waals surface area (Å²) in [6.07, 6.45) is 13.0. The van der Waals surface area contributed by atoms with Crippen molar-refractivity contribution in [2.24, 2.45) is 0 Å². The maximum atomic E-state index is 13.2. The van der Waals surface area contributed by atoms with Crippen LogP contribution in [0.1, 0.15) is 80.3 Å². The number of anilines is 1. The second kappa shape index (κ2) is 11.3. The fraction of sp³-hybridized carbons (Fsp3) is 0.714. The lowest BCUT2D eigenvalue weighted by molar-refractivity contribution is -0.140. The third kappa shape index (κ3) is 6.17. The number of carbonyl (C=O) groups excluding carboxylic acids is 3. The van der Waals surface area contributed by atoms with Crippen LogP contribution in [0.2, 0.25) is 0 Å². The maximum absolute atomic E-state index is 13.2. The smallest absolute Gasteiger partial charge is 0.324 e. The number of hydrogen-bond acceptors (Lipinski definition) is 6. The Kier molecular flexibility index (Phi) is 8.48. The van der Waals surface area contributed by atoms with E-state index in [2.05, 4.69) is 25.3 Å². The van der Waals surface area contributed by atoms with Crippen molar-refractivity contribution in [3.05, 3.63) is 11.1 Å². The first-order valence-corrected chi connectivity index (χ1v) is 11.8. The van der Waals surface area contributed by atoms with E-state index in [0.29, 0.717) is 22.1 Å². The zero-order valence-corrected chi connectivity index (χ0v) is 18.5. The van der Waals surface area contributed by atoms with E-state index in [0.717, 1.165) is 37.0 Å². The van der Waals surface area contributed by atoms with E-state index in [1.165, 1.54) is 51.8 Å². The minimum Gasteiger partial charge on any atom is -0.469 e. The molecule has 8 nitrogen and oxygen atoms in total. The zero-order valence-electron chi connectivity index (χ0n) is 17.7. The minimum atomic E-state index is -0.377. The van der Waals surface area contributed by atoms with Crippen LogP contribution in [-0.2, 0) is 9.53 Å². The van der Waals surface area contributed by atoms with E-state index >= 15 is 0 Å². The van der Waals surface area contributed by atoms with E-state index in [9.17, 15) is 14.4 Å². The van der Waals surface area contributed by atoms with Crippen LogP contribution >= 0.6 is 11.3 Å². The average molecular weight is 437 g/mol. The number of rotatable bonds is 7. The van der Waals surface area contributed by atoms with Crippen molar-refractivity contribution < 1.29 is 19.1 Å². The Labute approximate surface area is 181 Å². The Morgan fingerprint density at radius 1 is 1.07 bits per heavy atom. The van der Waals surface area contributed by atoms with Crippen LogP contribution in [0.15, 0.2) is 6.20 Å². The molecule has 2 aliphatic rings. The SMILES string of the molecule is COC(=O)CCNC(=O)c1cnc(NC(=O)N(C2CCCCC2)C2CCCCC2)s1. The number of carbonyl (C=O) groups is 3. The van der Waals surface area contributed by atoms with Gasteiger partial charge in [-0.15, -0.1) is 0 Å². The first-order valence-electron chi connectivity index (χ1n) is 11.0. The molecule has 0 unspecified atom stereocenters. The van der Waals surface area contributed by atoms with Crippen molar-refractivity contribution in [1.29, 1.82) is 0 Å². The minimum absolute atomic E-state index is 0.0965. The van der Waals surface area contributed by atoms with Crippen molar-refractivity contribution in [2.75, 3.05) is 19.0 Å². The summed E-state index contributed by atoms with van der Waals surface area (Å²) in [7, 11) is 1.31. The number of hydrogen-bond donors (Lipinski definition) is 2. The molecule has 2 fully saturated rings. The Morgan fingerprint density at radius 3 is 2.23 bits per heavy atom. The van der Waals surface area contributed by atoms with Crippen LogP contribution in [0.5, 0.6) is 0 Å². The highest BCUT2D eigenvalue weighted by Gasteiger charge is 2.33. The van der Waals surface area contributed by atoms with Gasteiger partial charge in [0.1, 0.15) is 4.88 Å². The molecule has 1 aromatic rings. The summed E-state index contributed by atoms with van der Waals surface area (Å²) in [6, 6.07) is 0.492. The molecule has 0 aliphatic heterocycles. The van der Waals surface area contributed by atoms with Crippen LogP contribution in [0.3, 0.4) is 0 Å². The maximum Gasteiger partial charge on any atom is 0.324 e. The van der Waals surface area contributed by atoms with E-state index in [4.69, 9.17) is 0 Å². The van der Waals surface area contributed by atoms with Crippen molar-refractivity contribution in [2.45, 2.75) is 82.7 Å². The number of aromatic nitrogens is 1. The van der Waals surface area contributed by atoms with Gasteiger partial charge in [0.15, 0.2) is 5.13 Å². The first-order chi connectivity index (χ1) is 14.6. The van der Waals surface area contributed by atoms with Gasteiger partial charge in [0.2, 0.25) is 0 Å². The van der Waals surface area contributed by atoms with Gasteiger partial charge in [-0.1, -0.05) is 49.9 Å². The molecule has 0 atom stereocenters. The summed E-state index contributed by atoms with van der Waals surface area (Å²) < 4.78 is 4.56. The van der Waals surface area contributed by atoms with Crippen LogP contribution in [0.25, 0.3) is 0 Å². The number of ether oxygens (including phenoxy) is 1. The van der Waals surface area contributed by atoms with Crippen molar-refractivity contribution >= 4 is 34.4 Å². The average Bonchev–Trinajstić information content (AvgIpc) is 3.23. The number of nitrogens with zero attached hydrogens (tertiary/aromatic N) is 2. The lowest BCUT2D eigenvalue weighted by Gasteiger charge is -2.41. The summed E-state index contributed by atoms with van der Waals surface area (Å²) in [5.74, 6) is -0.689. The van der Waals surface area contributed by atoms with Gasteiger partial charge in [0, 0.05) is 18.6 Å². The molecule has 0 bridgehead atoms. The zero-order chi connectivity index (χ0) is 21.3. The van der Waals surface area contributed by atoms with Gasteiger partial charge in [-0.2, -0.15) is 0 Å². The molecule has 1 heterocycles. The van der Waals surface area contributed by atoms with Crippen molar-refractivity contribution in [3.63, 3.8) is 0 Å². The molecule has 9 heteroatoms. The van der Waals surface area contributed by atoms with Gasteiger partial charge in [-0.25, -0.2) is 9.78 Å². The highest BCUT2D eigenvalue weighted by atomic mass is 32.1. The van der Waals surface area contributed by atoms with E-state index < -0.39 is 0 Å². The van der Waals surface area contributed by atoms with E-state index in [1.54, 1.807) is 0 Å². The predicted octanol–water partition coefficient (Wildman–Crippen LogP) is 3.94. The fourth-order valence-corrected chi connectivity index (χ4v) is 5.13. The molecular weight excluding hydrogens is 404 g/mol. The molecule has 2 aliphatic carbocycles. The summed E-state index contributed by atoms with van der Waals surface area (Å²) in [4.78, 5) is 43.3.